The number of aliphatic imine (C=N–C) groups is 1. The van der Waals surface area contributed by atoms with Crippen LogP contribution in [0.15, 0.2) is 4.99 Å². The molecule has 48 valence electrons. The second-order valence-corrected chi connectivity index (χ2v) is 1.77. The maximum atomic E-state index is 10.3. The van der Waals surface area contributed by atoms with Crippen molar-refractivity contribution in [2.45, 2.75) is 0 Å². The summed E-state index contributed by atoms with van der Waals surface area (Å²) in [5.41, 5.74) is 0. The summed E-state index contributed by atoms with van der Waals surface area (Å²) >= 11 is 4.96. The minimum absolute atomic E-state index is 0.0810. The van der Waals surface area contributed by atoms with Crippen molar-refractivity contribution in [2.75, 3.05) is 6.54 Å². The maximum absolute atomic E-state index is 10.3. The number of rotatable bonds is 0. The maximum Gasteiger partial charge on any atom is 0.216 e. The van der Waals surface area contributed by atoms with Gasteiger partial charge in [-0.3, -0.25) is 0 Å². The van der Waals surface area contributed by atoms with Crippen LogP contribution >= 0.6 is 11.6 Å². The average molecular weight is 146 g/mol. The molecule has 0 atom stereocenters. The van der Waals surface area contributed by atoms with E-state index in [4.69, 9.17) is 11.6 Å². The molecule has 0 spiro atoms. The van der Waals surface area contributed by atoms with Gasteiger partial charge in [0.15, 0.2) is 5.91 Å². The van der Waals surface area contributed by atoms with E-state index in [0.717, 1.165) is 4.90 Å². The van der Waals surface area contributed by atoms with Crippen LogP contribution in [0.3, 0.4) is 0 Å². The van der Waals surface area contributed by atoms with Crippen LogP contribution in [0, 0.1) is 0 Å². The molecule has 0 unspecified atom stereocenters. The highest BCUT2D eigenvalue weighted by Crippen LogP contribution is 1.98. The fourth-order valence-electron chi connectivity index (χ4n) is 0.424. The molecule has 4 nitrogen and oxygen atoms in total. The smallest absolute Gasteiger partial charge is 0.216 e. The number of carbonyl (C=O) groups excluding carboxylic acids is 2. The molecule has 0 radical (unpaired) electrons. The van der Waals surface area contributed by atoms with E-state index < -0.39 is 11.3 Å². The molecule has 0 saturated heterocycles. The highest BCUT2D eigenvalue weighted by Gasteiger charge is 2.07. The van der Waals surface area contributed by atoms with Crippen molar-refractivity contribution in [2.24, 2.45) is 4.99 Å². The molecule has 1 heterocycles. The van der Waals surface area contributed by atoms with Crippen molar-refractivity contribution in [3.8, 4) is 0 Å². The number of hydrogen-bond donors (Lipinski definition) is 0. The molecule has 1 rings (SSSR count). The van der Waals surface area contributed by atoms with Crippen molar-refractivity contribution in [3.05, 3.63) is 0 Å². The van der Waals surface area contributed by atoms with Crippen LogP contribution in [0.5, 0.6) is 0 Å². The SMILES string of the molecule is O=C1CN(C(=O)Cl)[C-]=N1. The predicted octanol–water partition coefficient (Wildman–Crippen LogP) is 0.0927. The molecule has 0 N–H and O–H groups in total. The Hall–Kier alpha value is -0.900. The fraction of sp³-hybridized carbons (Fsp3) is 0.250. The molecule has 0 saturated carbocycles. The molecular formula is C4H2ClN2O2-. The minimum atomic E-state index is -0.732. The lowest BCUT2D eigenvalue weighted by atomic mass is 10.6. The molecule has 1 aliphatic rings. The summed E-state index contributed by atoms with van der Waals surface area (Å²) in [5.74, 6) is -0.399. The minimum Gasteiger partial charge on any atom is -0.398 e. The molecule has 2 amide bonds. The van der Waals surface area contributed by atoms with Crippen molar-refractivity contribution in [1.82, 2.24) is 4.90 Å². The Kier molecular flexibility index (Phi) is 1.48. The van der Waals surface area contributed by atoms with E-state index in [9.17, 15) is 9.59 Å². The molecule has 0 fully saturated rings. The third-order valence-electron chi connectivity index (χ3n) is 0.801. The zero-order chi connectivity index (χ0) is 6.85. The molecule has 0 aromatic rings. The topological polar surface area (TPSA) is 49.7 Å². The van der Waals surface area contributed by atoms with Gasteiger partial charge >= 0.3 is 0 Å². The second kappa shape index (κ2) is 2.14. The highest BCUT2D eigenvalue weighted by molar-refractivity contribution is 6.64. The van der Waals surface area contributed by atoms with E-state index in [0.29, 0.717) is 0 Å². The largest absolute Gasteiger partial charge is 0.398 e. The zero-order valence-corrected chi connectivity index (χ0v) is 5.05. The standard InChI is InChI=1S/C4H2ClN2O2/c5-4(9)7-1-3(8)6-2-7/h1H2/q-1. The highest BCUT2D eigenvalue weighted by atomic mass is 35.5. The summed E-state index contributed by atoms with van der Waals surface area (Å²) in [5, 5.41) is -0.732. The van der Waals surface area contributed by atoms with Crippen LogP contribution in [0.2, 0.25) is 0 Å². The first-order valence-electron chi connectivity index (χ1n) is 2.16. The van der Waals surface area contributed by atoms with Crippen LogP contribution < -0.4 is 0 Å². The van der Waals surface area contributed by atoms with Crippen molar-refractivity contribution in [3.63, 3.8) is 0 Å². The lowest BCUT2D eigenvalue weighted by molar-refractivity contribution is -0.116. The van der Waals surface area contributed by atoms with Gasteiger partial charge in [-0.15, -0.1) is 11.6 Å². The predicted molar refractivity (Wildman–Crippen MR) is 30.4 cm³/mol. The van der Waals surface area contributed by atoms with E-state index in [-0.39, 0.29) is 6.54 Å². The van der Waals surface area contributed by atoms with Crippen molar-refractivity contribution >= 4 is 29.2 Å². The third kappa shape index (κ3) is 1.26. The fourth-order valence-corrected chi connectivity index (χ4v) is 0.521. The monoisotopic (exact) mass is 145 g/mol. The first kappa shape index (κ1) is 6.22. The van der Waals surface area contributed by atoms with Gasteiger partial charge in [0.2, 0.25) is 5.37 Å². The summed E-state index contributed by atoms with van der Waals surface area (Å²) in [7, 11) is 0. The van der Waals surface area contributed by atoms with Gasteiger partial charge in [-0.1, -0.05) is 0 Å². The Morgan fingerprint density at radius 3 is 2.78 bits per heavy atom. The van der Waals surface area contributed by atoms with Crippen LogP contribution in [0.4, 0.5) is 4.79 Å². The van der Waals surface area contributed by atoms with Gasteiger partial charge in [0, 0.05) is 12.9 Å². The van der Waals surface area contributed by atoms with Gasteiger partial charge in [0.1, 0.15) is 0 Å². The molecule has 0 aliphatic carbocycles. The summed E-state index contributed by atoms with van der Waals surface area (Å²) in [6.07, 6.45) is 2.13. The second-order valence-electron chi connectivity index (χ2n) is 1.44. The van der Waals surface area contributed by atoms with Gasteiger partial charge in [-0.05, 0) is 0 Å². The van der Waals surface area contributed by atoms with Gasteiger partial charge in [0.05, 0.1) is 0 Å². The molecule has 5 heteroatoms. The normalized spacial score (nSPS) is 17.0. The quantitative estimate of drug-likeness (QED) is 0.276. The number of halogens is 1. The van der Waals surface area contributed by atoms with E-state index in [1.807, 2.05) is 0 Å². The summed E-state index contributed by atoms with van der Waals surface area (Å²) < 4.78 is 0. The van der Waals surface area contributed by atoms with E-state index >= 15 is 0 Å². The van der Waals surface area contributed by atoms with E-state index in [1.54, 1.807) is 0 Å². The van der Waals surface area contributed by atoms with Crippen LogP contribution in [-0.4, -0.2) is 29.1 Å². The Morgan fingerprint density at radius 2 is 2.56 bits per heavy atom. The zero-order valence-electron chi connectivity index (χ0n) is 4.30. The molecule has 0 aromatic carbocycles. The van der Waals surface area contributed by atoms with E-state index in [1.165, 1.54) is 0 Å². The lowest BCUT2D eigenvalue weighted by Crippen LogP contribution is -2.23. The number of carbonyl (C=O) groups is 2. The summed E-state index contributed by atoms with van der Waals surface area (Å²) in [6.45, 7) is -0.0810. The van der Waals surface area contributed by atoms with Gasteiger partial charge in [-0.25, -0.2) is 0 Å². The molecule has 0 aromatic heterocycles. The Labute approximate surface area is 56.1 Å². The van der Waals surface area contributed by atoms with Crippen molar-refractivity contribution in [1.29, 1.82) is 0 Å². The summed E-state index contributed by atoms with van der Waals surface area (Å²) in [4.78, 5) is 24.6. The van der Waals surface area contributed by atoms with E-state index in [2.05, 4.69) is 11.3 Å². The Balaban J connectivity index is 2.60. The Morgan fingerprint density at radius 1 is 1.89 bits per heavy atom. The van der Waals surface area contributed by atoms with Crippen molar-refractivity contribution < 1.29 is 9.59 Å². The molecule has 0 bridgehead atoms. The van der Waals surface area contributed by atoms with Gasteiger partial charge < -0.3 is 19.5 Å². The average Bonchev–Trinajstić information content (AvgIpc) is 2.14. The number of amides is 2. The molecule has 9 heavy (non-hydrogen) atoms. The number of nitrogens with zero attached hydrogens (tertiary/aromatic N) is 2. The van der Waals surface area contributed by atoms with Gasteiger partial charge in [-0.2, -0.15) is 0 Å². The first-order valence-corrected chi connectivity index (χ1v) is 2.54. The van der Waals surface area contributed by atoms with Gasteiger partial charge in [0.25, 0.3) is 0 Å². The Bertz CT molecular complexity index is 189. The summed E-state index contributed by atoms with van der Waals surface area (Å²) in [6, 6.07) is 0. The number of hydrogen-bond acceptors (Lipinski definition) is 2. The third-order valence-corrected chi connectivity index (χ3v) is 1.01. The van der Waals surface area contributed by atoms with Crippen LogP contribution in [-0.2, 0) is 4.79 Å². The molecule has 1 aliphatic heterocycles. The first-order chi connectivity index (χ1) is 4.20. The lowest BCUT2D eigenvalue weighted by Gasteiger charge is -2.12. The molecular weight excluding hydrogens is 144 g/mol. The van der Waals surface area contributed by atoms with Crippen LogP contribution in [0.25, 0.3) is 0 Å². The van der Waals surface area contributed by atoms with Crippen LogP contribution in [0.1, 0.15) is 0 Å².